The Kier molecular flexibility index (Phi) is 5.63. The summed E-state index contributed by atoms with van der Waals surface area (Å²) >= 11 is 0. The Hall–Kier alpha value is -1.48. The molecule has 112 valence electrons. The highest BCUT2D eigenvalue weighted by Crippen LogP contribution is 2.19. The number of carbonyl (C=O) groups is 1. The standard InChI is InChI=1S/C12H19N3O4S/c1-8-3-4-9(5-11(8)20(14,17)18)15-12(16)6-10(7-13)19-2/h3-5,10H,6-7,13H2,1-2H3,(H,15,16)(H2,14,17,18). The molecular weight excluding hydrogens is 282 g/mol. The van der Waals surface area contributed by atoms with E-state index in [0.717, 1.165) is 0 Å². The van der Waals surface area contributed by atoms with E-state index in [0.29, 0.717) is 11.3 Å². The first-order valence-corrected chi connectivity index (χ1v) is 7.48. The third kappa shape index (κ3) is 4.57. The summed E-state index contributed by atoms with van der Waals surface area (Å²) < 4.78 is 27.8. The molecule has 1 amide bonds. The van der Waals surface area contributed by atoms with Gasteiger partial charge in [-0.1, -0.05) is 6.07 Å². The summed E-state index contributed by atoms with van der Waals surface area (Å²) in [7, 11) is -2.35. The van der Waals surface area contributed by atoms with Gasteiger partial charge in [0.05, 0.1) is 17.4 Å². The maximum atomic E-state index is 11.8. The summed E-state index contributed by atoms with van der Waals surface area (Å²) in [6, 6.07) is 4.51. The van der Waals surface area contributed by atoms with Gasteiger partial charge < -0.3 is 15.8 Å². The molecule has 0 spiro atoms. The molecule has 1 aromatic carbocycles. The molecule has 7 nitrogen and oxygen atoms in total. The average Bonchev–Trinajstić information content (AvgIpc) is 2.37. The molecule has 0 bridgehead atoms. The SMILES string of the molecule is COC(CN)CC(=O)Nc1ccc(C)c(S(N)(=O)=O)c1. The van der Waals surface area contributed by atoms with Gasteiger partial charge in [-0.05, 0) is 24.6 Å². The van der Waals surface area contributed by atoms with Crippen molar-refractivity contribution < 1.29 is 17.9 Å². The molecule has 0 fully saturated rings. The largest absolute Gasteiger partial charge is 0.380 e. The van der Waals surface area contributed by atoms with Crippen LogP contribution in [0.2, 0.25) is 0 Å². The van der Waals surface area contributed by atoms with E-state index < -0.39 is 10.0 Å². The summed E-state index contributed by atoms with van der Waals surface area (Å²) in [5.74, 6) is -0.313. The van der Waals surface area contributed by atoms with Crippen LogP contribution in [0.5, 0.6) is 0 Å². The second kappa shape index (κ2) is 6.80. The number of hydrogen-bond acceptors (Lipinski definition) is 5. The van der Waals surface area contributed by atoms with E-state index in [4.69, 9.17) is 15.6 Å². The molecule has 1 atom stereocenters. The molecule has 0 saturated carbocycles. The quantitative estimate of drug-likeness (QED) is 0.679. The van der Waals surface area contributed by atoms with Crippen LogP contribution in [0.15, 0.2) is 23.1 Å². The number of hydrogen-bond donors (Lipinski definition) is 3. The predicted molar refractivity (Wildman–Crippen MR) is 75.7 cm³/mol. The molecule has 20 heavy (non-hydrogen) atoms. The van der Waals surface area contributed by atoms with Crippen molar-refractivity contribution >= 4 is 21.6 Å². The van der Waals surface area contributed by atoms with Gasteiger partial charge in [0.2, 0.25) is 15.9 Å². The number of aryl methyl sites for hydroxylation is 1. The van der Waals surface area contributed by atoms with Crippen LogP contribution >= 0.6 is 0 Å². The van der Waals surface area contributed by atoms with E-state index in [9.17, 15) is 13.2 Å². The Morgan fingerprint density at radius 3 is 2.60 bits per heavy atom. The fourth-order valence-corrected chi connectivity index (χ4v) is 2.47. The van der Waals surface area contributed by atoms with Crippen molar-refractivity contribution in [2.45, 2.75) is 24.3 Å². The molecule has 1 rings (SSSR count). The maximum absolute atomic E-state index is 11.8. The lowest BCUT2D eigenvalue weighted by Gasteiger charge is -2.13. The molecule has 5 N–H and O–H groups in total. The highest BCUT2D eigenvalue weighted by atomic mass is 32.2. The molecule has 8 heteroatoms. The summed E-state index contributed by atoms with van der Waals surface area (Å²) in [5.41, 5.74) is 6.30. The molecule has 0 radical (unpaired) electrons. The van der Waals surface area contributed by atoms with Crippen molar-refractivity contribution in [1.29, 1.82) is 0 Å². The third-order valence-electron chi connectivity index (χ3n) is 2.79. The number of carbonyl (C=O) groups excluding carboxylic acids is 1. The van der Waals surface area contributed by atoms with Crippen LogP contribution in [0.3, 0.4) is 0 Å². The number of primary sulfonamides is 1. The Morgan fingerprint density at radius 2 is 2.10 bits per heavy atom. The molecule has 0 aromatic heterocycles. The first-order valence-electron chi connectivity index (χ1n) is 5.94. The van der Waals surface area contributed by atoms with Crippen LogP contribution in [0, 0.1) is 6.92 Å². The Balaban J connectivity index is 2.87. The van der Waals surface area contributed by atoms with E-state index >= 15 is 0 Å². The van der Waals surface area contributed by atoms with Crippen LogP contribution in [0.4, 0.5) is 5.69 Å². The molecule has 1 unspecified atom stereocenters. The lowest BCUT2D eigenvalue weighted by atomic mass is 10.2. The van der Waals surface area contributed by atoms with Gasteiger partial charge in [0.1, 0.15) is 0 Å². The third-order valence-corrected chi connectivity index (χ3v) is 3.84. The lowest BCUT2D eigenvalue weighted by molar-refractivity contribution is -0.118. The summed E-state index contributed by atoms with van der Waals surface area (Å²) in [6.45, 7) is 1.85. The van der Waals surface area contributed by atoms with Crippen LogP contribution < -0.4 is 16.2 Å². The molecule has 1 aromatic rings. The van der Waals surface area contributed by atoms with E-state index in [1.54, 1.807) is 19.1 Å². The Morgan fingerprint density at radius 1 is 1.45 bits per heavy atom. The number of methoxy groups -OCH3 is 1. The van der Waals surface area contributed by atoms with Crippen molar-refractivity contribution in [1.82, 2.24) is 0 Å². The van der Waals surface area contributed by atoms with Crippen LogP contribution in [0.1, 0.15) is 12.0 Å². The summed E-state index contributed by atoms with van der Waals surface area (Å²) in [4.78, 5) is 11.7. The first kappa shape index (κ1) is 16.6. The highest BCUT2D eigenvalue weighted by Gasteiger charge is 2.15. The Labute approximate surface area is 118 Å². The minimum atomic E-state index is -3.82. The van der Waals surface area contributed by atoms with E-state index in [2.05, 4.69) is 5.32 Å². The van der Waals surface area contributed by atoms with Gasteiger partial charge in [-0.3, -0.25) is 4.79 Å². The summed E-state index contributed by atoms with van der Waals surface area (Å²) in [6.07, 6.45) is -0.288. The van der Waals surface area contributed by atoms with Crippen LogP contribution in [-0.4, -0.2) is 34.1 Å². The highest BCUT2D eigenvalue weighted by molar-refractivity contribution is 7.89. The van der Waals surface area contributed by atoms with E-state index in [1.807, 2.05) is 0 Å². The van der Waals surface area contributed by atoms with Gasteiger partial charge >= 0.3 is 0 Å². The van der Waals surface area contributed by atoms with Crippen molar-refractivity contribution in [3.8, 4) is 0 Å². The lowest BCUT2D eigenvalue weighted by Crippen LogP contribution is -2.28. The van der Waals surface area contributed by atoms with Crippen molar-refractivity contribution in [2.75, 3.05) is 19.0 Å². The minimum absolute atomic E-state index is 0.0163. The number of benzene rings is 1. The smallest absolute Gasteiger partial charge is 0.238 e. The van der Waals surface area contributed by atoms with E-state index in [-0.39, 0.29) is 29.9 Å². The summed E-state index contributed by atoms with van der Waals surface area (Å²) in [5, 5.41) is 7.69. The fraction of sp³-hybridized carbons (Fsp3) is 0.417. The monoisotopic (exact) mass is 301 g/mol. The molecular formula is C12H19N3O4S. The zero-order chi connectivity index (χ0) is 15.3. The van der Waals surface area contributed by atoms with Gasteiger partial charge in [0, 0.05) is 19.3 Å². The second-order valence-electron chi connectivity index (χ2n) is 4.37. The van der Waals surface area contributed by atoms with Gasteiger partial charge in [0.25, 0.3) is 0 Å². The predicted octanol–water partition coefficient (Wildman–Crippen LogP) is -0.0553. The fourth-order valence-electron chi connectivity index (χ4n) is 1.67. The number of rotatable bonds is 6. The number of nitrogens with two attached hydrogens (primary N) is 2. The molecule has 0 aliphatic rings. The minimum Gasteiger partial charge on any atom is -0.380 e. The zero-order valence-corrected chi connectivity index (χ0v) is 12.2. The Bertz CT molecular complexity index is 582. The van der Waals surface area contributed by atoms with Gasteiger partial charge in [0.15, 0.2) is 0 Å². The van der Waals surface area contributed by atoms with E-state index in [1.165, 1.54) is 13.2 Å². The normalized spacial score (nSPS) is 13.0. The maximum Gasteiger partial charge on any atom is 0.238 e. The second-order valence-corrected chi connectivity index (χ2v) is 5.90. The number of sulfonamides is 1. The van der Waals surface area contributed by atoms with Crippen LogP contribution in [0.25, 0.3) is 0 Å². The van der Waals surface area contributed by atoms with Gasteiger partial charge in [-0.2, -0.15) is 0 Å². The topological polar surface area (TPSA) is 125 Å². The molecule has 0 heterocycles. The van der Waals surface area contributed by atoms with Crippen molar-refractivity contribution in [2.24, 2.45) is 10.9 Å². The molecule has 0 saturated heterocycles. The first-order chi connectivity index (χ1) is 9.27. The van der Waals surface area contributed by atoms with Crippen LogP contribution in [-0.2, 0) is 19.6 Å². The molecule has 0 aliphatic heterocycles. The number of amides is 1. The van der Waals surface area contributed by atoms with Crippen molar-refractivity contribution in [3.63, 3.8) is 0 Å². The number of anilines is 1. The average molecular weight is 301 g/mol. The zero-order valence-electron chi connectivity index (χ0n) is 11.4. The van der Waals surface area contributed by atoms with Gasteiger partial charge in [-0.15, -0.1) is 0 Å². The van der Waals surface area contributed by atoms with Gasteiger partial charge in [-0.25, -0.2) is 13.6 Å². The number of ether oxygens (including phenoxy) is 1. The number of nitrogens with one attached hydrogen (secondary N) is 1. The van der Waals surface area contributed by atoms with Crippen molar-refractivity contribution in [3.05, 3.63) is 23.8 Å². The molecule has 0 aliphatic carbocycles.